The van der Waals surface area contributed by atoms with E-state index in [1.807, 2.05) is 24.3 Å². The van der Waals surface area contributed by atoms with Crippen LogP contribution in [0.15, 0.2) is 69.9 Å². The number of nitrogens with zero attached hydrogens (tertiary/aromatic N) is 1. The van der Waals surface area contributed by atoms with Crippen molar-refractivity contribution in [3.8, 4) is 28.7 Å². The van der Waals surface area contributed by atoms with Crippen LogP contribution in [0.4, 0.5) is 0 Å². The fourth-order valence-electron chi connectivity index (χ4n) is 4.92. The van der Waals surface area contributed by atoms with Gasteiger partial charge in [-0.25, -0.2) is 4.79 Å². The van der Waals surface area contributed by atoms with Gasteiger partial charge in [-0.1, -0.05) is 12.1 Å². The van der Waals surface area contributed by atoms with E-state index in [-0.39, 0.29) is 12.5 Å². The van der Waals surface area contributed by atoms with Crippen LogP contribution in [0.1, 0.15) is 27.5 Å². The second-order valence-electron chi connectivity index (χ2n) is 9.01. The van der Waals surface area contributed by atoms with Gasteiger partial charge in [-0.05, 0) is 53.9 Å². The maximum Gasteiger partial charge on any atom is 0.339 e. The van der Waals surface area contributed by atoms with E-state index in [2.05, 4.69) is 0 Å². The highest BCUT2D eigenvalue weighted by Gasteiger charge is 2.34. The molecule has 0 aliphatic carbocycles. The van der Waals surface area contributed by atoms with Crippen LogP contribution in [0.5, 0.6) is 28.7 Å². The molecule has 0 fully saturated rings. The molecule has 0 radical (unpaired) electrons. The first-order valence-electron chi connectivity index (χ1n) is 12.4. The van der Waals surface area contributed by atoms with Gasteiger partial charge in [0.25, 0.3) is 5.91 Å². The largest absolute Gasteiger partial charge is 0.497 e. The van der Waals surface area contributed by atoms with Crippen molar-refractivity contribution in [3.05, 3.63) is 87.8 Å². The van der Waals surface area contributed by atoms with Crippen LogP contribution in [-0.2, 0) is 6.42 Å². The predicted octanol–water partition coefficient (Wildman–Crippen LogP) is 4.65. The second kappa shape index (κ2) is 11.0. The summed E-state index contributed by atoms with van der Waals surface area (Å²) in [4.78, 5) is 27.9. The molecular weight excluding hydrogens is 502 g/mol. The normalized spacial score (nSPS) is 14.5. The van der Waals surface area contributed by atoms with E-state index < -0.39 is 11.7 Å². The zero-order valence-corrected chi connectivity index (χ0v) is 22.2. The van der Waals surface area contributed by atoms with Gasteiger partial charge in [0.2, 0.25) is 0 Å². The van der Waals surface area contributed by atoms with Crippen molar-refractivity contribution in [2.45, 2.75) is 12.5 Å². The zero-order chi connectivity index (χ0) is 27.5. The Hall–Kier alpha value is -4.66. The van der Waals surface area contributed by atoms with Crippen LogP contribution in [0.2, 0.25) is 0 Å². The Labute approximate surface area is 225 Å². The maximum atomic E-state index is 13.9. The molecule has 2 heterocycles. The lowest BCUT2D eigenvalue weighted by atomic mass is 9.91. The summed E-state index contributed by atoms with van der Waals surface area (Å²) in [6.45, 7) is 0.523. The van der Waals surface area contributed by atoms with E-state index in [9.17, 15) is 9.59 Å². The summed E-state index contributed by atoms with van der Waals surface area (Å²) in [7, 11) is 6.24. The molecule has 3 aromatic carbocycles. The average molecular weight is 532 g/mol. The van der Waals surface area contributed by atoms with E-state index in [0.29, 0.717) is 58.2 Å². The van der Waals surface area contributed by atoms with Crippen molar-refractivity contribution in [3.63, 3.8) is 0 Å². The molecule has 1 aliphatic rings. The lowest BCUT2D eigenvalue weighted by molar-refractivity contribution is 0.0589. The van der Waals surface area contributed by atoms with E-state index in [0.717, 1.165) is 11.1 Å². The van der Waals surface area contributed by atoms with Crippen LogP contribution < -0.4 is 29.3 Å². The van der Waals surface area contributed by atoms with Gasteiger partial charge < -0.3 is 33.0 Å². The van der Waals surface area contributed by atoms with Gasteiger partial charge in [-0.15, -0.1) is 0 Å². The van der Waals surface area contributed by atoms with Crippen LogP contribution in [-0.4, -0.2) is 52.4 Å². The SMILES string of the molecule is COc1cc(OC)cc(C(=O)N2CCc3cc(OC)c(OC)cc3C2COc2cc(=O)oc3ccccc23)c1. The van der Waals surface area contributed by atoms with E-state index in [4.69, 9.17) is 28.1 Å². The molecule has 1 atom stereocenters. The summed E-state index contributed by atoms with van der Waals surface area (Å²) < 4.78 is 33.4. The number of methoxy groups -OCH3 is 4. The summed E-state index contributed by atoms with van der Waals surface area (Å²) in [6.07, 6.45) is 0.608. The number of hydrogen-bond acceptors (Lipinski definition) is 8. The summed E-state index contributed by atoms with van der Waals surface area (Å²) in [5.74, 6) is 2.35. The number of amides is 1. The number of carbonyl (C=O) groups excluding carboxylic acids is 1. The Bertz CT molecular complexity index is 1560. The molecule has 39 heavy (non-hydrogen) atoms. The molecule has 5 rings (SSSR count). The van der Waals surface area contributed by atoms with Crippen LogP contribution in [0, 0.1) is 0 Å². The summed E-state index contributed by atoms with van der Waals surface area (Å²) in [6, 6.07) is 16.9. The van der Waals surface area contributed by atoms with Crippen molar-refractivity contribution in [2.24, 2.45) is 0 Å². The van der Waals surface area contributed by atoms with Crippen LogP contribution >= 0.6 is 0 Å². The molecule has 1 aliphatic heterocycles. The van der Waals surface area contributed by atoms with Crippen LogP contribution in [0.25, 0.3) is 11.0 Å². The molecule has 9 nitrogen and oxygen atoms in total. The first-order chi connectivity index (χ1) is 18.9. The lowest BCUT2D eigenvalue weighted by Gasteiger charge is -2.37. The molecule has 1 amide bonds. The Balaban J connectivity index is 1.57. The fourth-order valence-corrected chi connectivity index (χ4v) is 4.92. The topological polar surface area (TPSA) is 96.7 Å². The fraction of sp³-hybridized carbons (Fsp3) is 0.267. The standard InChI is InChI=1S/C30H29NO8/c1-34-20-11-19(12-21(14-20)35-2)30(33)31-10-9-18-13-27(36-3)28(37-4)15-23(18)24(31)17-38-26-16-29(32)39-25-8-6-5-7-22(25)26/h5-8,11-16,24H,9-10,17H2,1-4H3. The van der Waals surface area contributed by atoms with Gasteiger partial charge in [-0.2, -0.15) is 0 Å². The minimum atomic E-state index is -0.518. The van der Waals surface area contributed by atoms with Gasteiger partial charge >= 0.3 is 5.63 Å². The van der Waals surface area contributed by atoms with E-state index in [1.54, 1.807) is 49.5 Å². The Morgan fingerprint density at radius 3 is 2.26 bits per heavy atom. The minimum absolute atomic E-state index is 0.0861. The highest BCUT2D eigenvalue weighted by molar-refractivity contribution is 5.95. The minimum Gasteiger partial charge on any atom is -0.497 e. The van der Waals surface area contributed by atoms with E-state index in [1.165, 1.54) is 20.3 Å². The first kappa shape index (κ1) is 26.0. The van der Waals surface area contributed by atoms with Crippen molar-refractivity contribution in [2.75, 3.05) is 41.6 Å². The van der Waals surface area contributed by atoms with Crippen LogP contribution in [0.3, 0.4) is 0 Å². The predicted molar refractivity (Wildman–Crippen MR) is 145 cm³/mol. The molecule has 1 aromatic heterocycles. The van der Waals surface area contributed by atoms with Crippen molar-refractivity contribution in [1.82, 2.24) is 4.90 Å². The number of hydrogen-bond donors (Lipinski definition) is 0. The van der Waals surface area contributed by atoms with Gasteiger partial charge in [0.15, 0.2) is 11.5 Å². The first-order valence-corrected chi connectivity index (χ1v) is 12.4. The number of benzene rings is 3. The highest BCUT2D eigenvalue weighted by atomic mass is 16.5. The van der Waals surface area contributed by atoms with Crippen molar-refractivity contribution >= 4 is 16.9 Å². The quantitative estimate of drug-likeness (QED) is 0.303. The average Bonchev–Trinajstić information content (AvgIpc) is 2.97. The zero-order valence-electron chi connectivity index (χ0n) is 22.2. The summed E-state index contributed by atoms with van der Waals surface area (Å²) >= 11 is 0. The molecule has 202 valence electrons. The lowest BCUT2D eigenvalue weighted by Crippen LogP contribution is -2.42. The van der Waals surface area contributed by atoms with E-state index >= 15 is 0 Å². The summed E-state index contributed by atoms with van der Waals surface area (Å²) in [5.41, 5.74) is 2.22. The molecule has 0 spiro atoms. The second-order valence-corrected chi connectivity index (χ2v) is 9.01. The number of fused-ring (bicyclic) bond motifs is 2. The molecule has 0 N–H and O–H groups in total. The summed E-state index contributed by atoms with van der Waals surface area (Å²) in [5, 5.41) is 0.663. The monoisotopic (exact) mass is 531 g/mol. The molecular formula is C30H29NO8. The number of para-hydroxylation sites is 1. The molecule has 0 saturated carbocycles. The van der Waals surface area contributed by atoms with Gasteiger partial charge in [0, 0.05) is 18.2 Å². The Kier molecular flexibility index (Phi) is 7.31. The number of carbonyl (C=O) groups is 1. The van der Waals surface area contributed by atoms with Gasteiger partial charge in [0.05, 0.1) is 45.9 Å². The number of rotatable bonds is 8. The third-order valence-electron chi connectivity index (χ3n) is 6.87. The third kappa shape index (κ3) is 5.07. The maximum absolute atomic E-state index is 13.9. The van der Waals surface area contributed by atoms with Gasteiger partial charge in [0.1, 0.15) is 29.4 Å². The Morgan fingerprint density at radius 2 is 1.56 bits per heavy atom. The van der Waals surface area contributed by atoms with Crippen molar-refractivity contribution < 1.29 is 32.9 Å². The smallest absolute Gasteiger partial charge is 0.339 e. The third-order valence-corrected chi connectivity index (χ3v) is 6.87. The number of ether oxygens (including phenoxy) is 5. The molecule has 0 bridgehead atoms. The molecule has 4 aromatic rings. The molecule has 1 unspecified atom stereocenters. The Morgan fingerprint density at radius 1 is 0.872 bits per heavy atom. The molecule has 9 heteroatoms. The van der Waals surface area contributed by atoms with Gasteiger partial charge in [-0.3, -0.25) is 4.79 Å². The van der Waals surface area contributed by atoms with Crippen molar-refractivity contribution in [1.29, 1.82) is 0 Å². The highest BCUT2D eigenvalue weighted by Crippen LogP contribution is 2.39. The molecule has 0 saturated heterocycles.